The smallest absolute Gasteiger partial charge is 0.251 e. The van der Waals surface area contributed by atoms with Gasteiger partial charge in [-0.2, -0.15) is 0 Å². The molecule has 5 heteroatoms. The van der Waals surface area contributed by atoms with Gasteiger partial charge in [0, 0.05) is 37.9 Å². The van der Waals surface area contributed by atoms with Crippen LogP contribution in [0.4, 0.5) is 5.69 Å². The van der Waals surface area contributed by atoms with Gasteiger partial charge < -0.3 is 16.0 Å². The number of carbonyl (C=O) groups is 1. The number of nitrogens with two attached hydrogens (primary N) is 1. The van der Waals surface area contributed by atoms with Gasteiger partial charge in [0.2, 0.25) is 0 Å². The van der Waals surface area contributed by atoms with Gasteiger partial charge >= 0.3 is 0 Å². The number of halogens is 1. The molecule has 106 valence electrons. The Kier molecular flexibility index (Phi) is 5.63. The van der Waals surface area contributed by atoms with Crippen LogP contribution in [-0.2, 0) is 0 Å². The molecule has 4 nitrogen and oxygen atoms in total. The van der Waals surface area contributed by atoms with Crippen molar-refractivity contribution in [2.24, 2.45) is 11.7 Å². The van der Waals surface area contributed by atoms with E-state index in [0.29, 0.717) is 18.0 Å². The number of amides is 1. The number of nitrogens with one attached hydrogen (secondary N) is 1. The third kappa shape index (κ3) is 4.40. The molecule has 0 heterocycles. The monoisotopic (exact) mass is 283 g/mol. The maximum Gasteiger partial charge on any atom is 0.251 e. The number of carbonyl (C=O) groups excluding carboxylic acids is 1. The molecule has 0 radical (unpaired) electrons. The molecule has 19 heavy (non-hydrogen) atoms. The normalized spacial score (nSPS) is 15.3. The van der Waals surface area contributed by atoms with E-state index in [1.165, 1.54) is 12.8 Å². The van der Waals surface area contributed by atoms with Gasteiger partial charge in [0.05, 0.1) is 0 Å². The Hall–Kier alpha value is -1.26. The second-order valence-electron chi connectivity index (χ2n) is 5.16. The Bertz CT molecular complexity index is 432. The lowest BCUT2D eigenvalue weighted by atomic mass is 10.1. The predicted molar refractivity (Wildman–Crippen MR) is 81.0 cm³/mol. The van der Waals surface area contributed by atoms with Crippen LogP contribution in [-0.4, -0.2) is 32.6 Å². The van der Waals surface area contributed by atoms with E-state index < -0.39 is 0 Å². The molecule has 1 amide bonds. The van der Waals surface area contributed by atoms with Crippen molar-refractivity contribution < 1.29 is 4.79 Å². The van der Waals surface area contributed by atoms with E-state index in [1.807, 2.05) is 43.3 Å². The molecule has 1 aromatic rings. The van der Waals surface area contributed by atoms with Crippen LogP contribution < -0.4 is 16.0 Å². The van der Waals surface area contributed by atoms with Crippen molar-refractivity contribution in [3.05, 3.63) is 29.8 Å². The minimum Gasteiger partial charge on any atom is -0.378 e. The number of rotatable bonds is 5. The van der Waals surface area contributed by atoms with Crippen LogP contribution in [0.1, 0.15) is 23.2 Å². The summed E-state index contributed by atoms with van der Waals surface area (Å²) in [4.78, 5) is 14.0. The fourth-order valence-corrected chi connectivity index (χ4v) is 1.93. The van der Waals surface area contributed by atoms with Crippen molar-refractivity contribution in [2.75, 3.05) is 25.5 Å². The van der Waals surface area contributed by atoms with Gasteiger partial charge in [0.25, 0.3) is 5.91 Å². The number of hydrogen-bond acceptors (Lipinski definition) is 3. The summed E-state index contributed by atoms with van der Waals surface area (Å²) in [6, 6.07) is 7.69. The summed E-state index contributed by atoms with van der Waals surface area (Å²) in [7, 11) is 3.92. The third-order valence-electron chi connectivity index (χ3n) is 3.35. The van der Waals surface area contributed by atoms with E-state index in [-0.39, 0.29) is 24.4 Å². The molecule has 3 N–H and O–H groups in total. The highest BCUT2D eigenvalue weighted by molar-refractivity contribution is 5.95. The first kappa shape index (κ1) is 15.8. The van der Waals surface area contributed by atoms with Crippen LogP contribution in [0.3, 0.4) is 0 Å². The van der Waals surface area contributed by atoms with Crippen molar-refractivity contribution >= 4 is 24.0 Å². The highest BCUT2D eigenvalue weighted by atomic mass is 35.5. The van der Waals surface area contributed by atoms with E-state index in [4.69, 9.17) is 5.73 Å². The number of hydrogen-bond donors (Lipinski definition) is 2. The van der Waals surface area contributed by atoms with E-state index in [1.54, 1.807) is 0 Å². The molecule has 0 spiro atoms. The van der Waals surface area contributed by atoms with Crippen LogP contribution in [0.15, 0.2) is 24.3 Å². The summed E-state index contributed by atoms with van der Waals surface area (Å²) in [6.07, 6.45) is 2.40. The Morgan fingerprint density at radius 2 is 2.16 bits per heavy atom. The minimum atomic E-state index is -0.0465. The lowest BCUT2D eigenvalue weighted by molar-refractivity contribution is 0.0950. The molecule has 0 aromatic heterocycles. The summed E-state index contributed by atoms with van der Waals surface area (Å²) >= 11 is 0. The van der Waals surface area contributed by atoms with Gasteiger partial charge in [-0.3, -0.25) is 4.79 Å². The maximum absolute atomic E-state index is 12.0. The van der Waals surface area contributed by atoms with Gasteiger partial charge in [0.1, 0.15) is 0 Å². The van der Waals surface area contributed by atoms with Crippen molar-refractivity contribution in [3.63, 3.8) is 0 Å². The standard InChI is InChI=1S/C14H21N3O.ClH/c1-17(2)12-5-3-4-11(8-12)14(18)16-9-13(15)10-6-7-10;/h3-5,8,10,13H,6-7,9,15H2,1-2H3,(H,16,18);1H. The number of anilines is 1. The van der Waals surface area contributed by atoms with E-state index in [9.17, 15) is 4.79 Å². The largest absolute Gasteiger partial charge is 0.378 e. The zero-order chi connectivity index (χ0) is 13.1. The predicted octanol–water partition coefficient (Wildman–Crippen LogP) is 1.64. The highest BCUT2D eigenvalue weighted by Gasteiger charge is 2.28. The lowest BCUT2D eigenvalue weighted by Gasteiger charge is -2.14. The molecule has 2 rings (SSSR count). The fraction of sp³-hybridized carbons (Fsp3) is 0.500. The Balaban J connectivity index is 0.00000180. The first-order valence-corrected chi connectivity index (χ1v) is 6.39. The van der Waals surface area contributed by atoms with Crippen LogP contribution in [0.25, 0.3) is 0 Å². The van der Waals surface area contributed by atoms with E-state index in [2.05, 4.69) is 5.32 Å². The van der Waals surface area contributed by atoms with Gasteiger partial charge in [0.15, 0.2) is 0 Å². The van der Waals surface area contributed by atoms with E-state index >= 15 is 0 Å². The molecule has 0 aliphatic heterocycles. The van der Waals surface area contributed by atoms with Crippen molar-refractivity contribution in [3.8, 4) is 0 Å². The highest BCUT2D eigenvalue weighted by Crippen LogP contribution is 2.31. The molecule has 1 aliphatic rings. The van der Waals surface area contributed by atoms with Gasteiger partial charge in [-0.15, -0.1) is 12.4 Å². The molecule has 1 fully saturated rings. The molecule has 1 unspecified atom stereocenters. The first-order valence-electron chi connectivity index (χ1n) is 6.39. The maximum atomic E-state index is 12.0. The molecule has 1 saturated carbocycles. The van der Waals surface area contributed by atoms with Crippen LogP contribution >= 0.6 is 12.4 Å². The average molecular weight is 284 g/mol. The number of benzene rings is 1. The Morgan fingerprint density at radius 1 is 1.47 bits per heavy atom. The Morgan fingerprint density at radius 3 is 2.74 bits per heavy atom. The molecular weight excluding hydrogens is 262 g/mol. The second kappa shape index (κ2) is 6.78. The van der Waals surface area contributed by atoms with Crippen molar-refractivity contribution in [2.45, 2.75) is 18.9 Å². The lowest BCUT2D eigenvalue weighted by Crippen LogP contribution is -2.38. The fourth-order valence-electron chi connectivity index (χ4n) is 1.93. The third-order valence-corrected chi connectivity index (χ3v) is 3.35. The minimum absolute atomic E-state index is 0. The van der Waals surface area contributed by atoms with Crippen LogP contribution in [0.2, 0.25) is 0 Å². The topological polar surface area (TPSA) is 58.4 Å². The van der Waals surface area contributed by atoms with Crippen LogP contribution in [0.5, 0.6) is 0 Å². The summed E-state index contributed by atoms with van der Waals surface area (Å²) in [5, 5.41) is 2.90. The van der Waals surface area contributed by atoms with Crippen LogP contribution in [0, 0.1) is 5.92 Å². The van der Waals surface area contributed by atoms with Gasteiger partial charge in [-0.05, 0) is 37.0 Å². The van der Waals surface area contributed by atoms with Crippen molar-refractivity contribution in [1.82, 2.24) is 5.32 Å². The summed E-state index contributed by atoms with van der Waals surface area (Å²) in [5.74, 6) is 0.563. The molecule has 1 aliphatic carbocycles. The average Bonchev–Trinajstić information content (AvgIpc) is 3.20. The second-order valence-corrected chi connectivity index (χ2v) is 5.16. The quantitative estimate of drug-likeness (QED) is 0.864. The molecule has 1 aromatic carbocycles. The number of nitrogens with zero attached hydrogens (tertiary/aromatic N) is 1. The first-order chi connectivity index (χ1) is 8.58. The molecule has 1 atom stereocenters. The molecular formula is C14H22ClN3O. The Labute approximate surface area is 120 Å². The zero-order valence-electron chi connectivity index (χ0n) is 11.4. The van der Waals surface area contributed by atoms with Crippen molar-refractivity contribution in [1.29, 1.82) is 0 Å². The summed E-state index contributed by atoms with van der Waals surface area (Å²) < 4.78 is 0. The van der Waals surface area contributed by atoms with Gasteiger partial charge in [-0.1, -0.05) is 6.07 Å². The van der Waals surface area contributed by atoms with E-state index in [0.717, 1.165) is 5.69 Å². The molecule has 0 saturated heterocycles. The molecule has 0 bridgehead atoms. The summed E-state index contributed by atoms with van der Waals surface area (Å²) in [5.41, 5.74) is 7.67. The zero-order valence-corrected chi connectivity index (χ0v) is 12.2. The van der Waals surface area contributed by atoms with Gasteiger partial charge in [-0.25, -0.2) is 0 Å². The summed E-state index contributed by atoms with van der Waals surface area (Å²) in [6.45, 7) is 0.565. The SMILES string of the molecule is CN(C)c1cccc(C(=O)NCC(N)C2CC2)c1.Cl.